The third-order valence-corrected chi connectivity index (χ3v) is 3.28. The van der Waals surface area contributed by atoms with Crippen LogP contribution in [0.3, 0.4) is 0 Å². The summed E-state index contributed by atoms with van der Waals surface area (Å²) in [6, 6.07) is 4.34. The first-order valence-electron chi connectivity index (χ1n) is 4.80. The molecule has 74 valence electrons. The average molecular weight is 206 g/mol. The maximum Gasteiger partial charge on any atom is 0.0708 e. The van der Waals surface area contributed by atoms with Crippen LogP contribution in [0.15, 0.2) is 18.3 Å². The molecule has 0 amide bonds. The zero-order valence-corrected chi connectivity index (χ0v) is 9.56. The molecule has 2 nitrogen and oxygen atoms in total. The van der Waals surface area contributed by atoms with E-state index in [1.165, 1.54) is 21.0 Å². The van der Waals surface area contributed by atoms with Crippen molar-refractivity contribution < 1.29 is 0 Å². The van der Waals surface area contributed by atoms with Gasteiger partial charge in [0.05, 0.1) is 5.69 Å². The molecule has 2 heterocycles. The fraction of sp³-hybridized carbons (Fsp3) is 0.364. The first-order chi connectivity index (χ1) is 6.70. The first-order valence-corrected chi connectivity index (χ1v) is 5.61. The van der Waals surface area contributed by atoms with Gasteiger partial charge in [0, 0.05) is 28.6 Å². The number of hydrogen-bond acceptors (Lipinski definition) is 2. The highest BCUT2D eigenvalue weighted by atomic mass is 32.1. The zero-order chi connectivity index (χ0) is 10.1. The molecule has 0 aliphatic rings. The standard InChI is InChI=1S/C11H14N2S/c1-4-10-9(7-13(3)12-10)11-6-5-8(2)14-11/h5-7H,4H2,1-3H3. The Hall–Kier alpha value is -1.09. The number of aromatic nitrogens is 2. The third-order valence-electron chi connectivity index (χ3n) is 2.25. The van der Waals surface area contributed by atoms with Gasteiger partial charge in [0.25, 0.3) is 0 Å². The van der Waals surface area contributed by atoms with Gasteiger partial charge in [0.2, 0.25) is 0 Å². The predicted octanol–water partition coefficient (Wildman–Crippen LogP) is 3.02. The molecular formula is C11H14N2S. The Kier molecular flexibility index (Phi) is 2.42. The molecule has 0 aliphatic carbocycles. The second-order valence-corrected chi connectivity index (χ2v) is 4.71. The molecule has 0 bridgehead atoms. The van der Waals surface area contributed by atoms with Crippen LogP contribution in [-0.4, -0.2) is 9.78 Å². The smallest absolute Gasteiger partial charge is 0.0708 e. The van der Waals surface area contributed by atoms with E-state index in [1.807, 2.05) is 23.1 Å². The number of nitrogens with zero attached hydrogens (tertiary/aromatic N) is 2. The SMILES string of the molecule is CCc1nn(C)cc1-c1ccc(C)s1. The van der Waals surface area contributed by atoms with Crippen LogP contribution in [0.1, 0.15) is 17.5 Å². The molecule has 0 saturated carbocycles. The van der Waals surface area contributed by atoms with Crippen molar-refractivity contribution in [1.82, 2.24) is 9.78 Å². The Balaban J connectivity index is 2.49. The van der Waals surface area contributed by atoms with Gasteiger partial charge in [-0.15, -0.1) is 11.3 Å². The number of aryl methyl sites for hydroxylation is 3. The first kappa shape index (κ1) is 9.46. The second-order valence-electron chi connectivity index (χ2n) is 3.43. The summed E-state index contributed by atoms with van der Waals surface area (Å²) in [5.74, 6) is 0. The van der Waals surface area contributed by atoms with Gasteiger partial charge in [-0.2, -0.15) is 5.10 Å². The number of rotatable bonds is 2. The molecule has 0 saturated heterocycles. The van der Waals surface area contributed by atoms with Crippen molar-refractivity contribution in [2.24, 2.45) is 7.05 Å². The molecule has 0 fully saturated rings. The van der Waals surface area contributed by atoms with E-state index in [-0.39, 0.29) is 0 Å². The molecule has 0 aromatic carbocycles. The van der Waals surface area contributed by atoms with Crippen LogP contribution in [-0.2, 0) is 13.5 Å². The van der Waals surface area contributed by atoms with Crippen LogP contribution in [0.4, 0.5) is 0 Å². The lowest BCUT2D eigenvalue weighted by atomic mass is 10.2. The fourth-order valence-corrected chi connectivity index (χ4v) is 2.48. The summed E-state index contributed by atoms with van der Waals surface area (Å²) in [6.07, 6.45) is 3.09. The van der Waals surface area contributed by atoms with Crippen LogP contribution < -0.4 is 0 Å². The monoisotopic (exact) mass is 206 g/mol. The highest BCUT2D eigenvalue weighted by Crippen LogP contribution is 2.29. The Bertz CT molecular complexity index is 440. The van der Waals surface area contributed by atoms with Crippen LogP contribution in [0, 0.1) is 6.92 Å². The summed E-state index contributed by atoms with van der Waals surface area (Å²) < 4.78 is 1.89. The largest absolute Gasteiger partial charge is 0.275 e. The Morgan fingerprint density at radius 1 is 1.43 bits per heavy atom. The van der Waals surface area contributed by atoms with Crippen molar-refractivity contribution in [2.45, 2.75) is 20.3 Å². The summed E-state index contributed by atoms with van der Waals surface area (Å²) in [5.41, 5.74) is 2.47. The molecule has 0 atom stereocenters. The van der Waals surface area contributed by atoms with Crippen molar-refractivity contribution in [3.8, 4) is 10.4 Å². The molecule has 2 aromatic rings. The molecule has 2 aromatic heterocycles. The van der Waals surface area contributed by atoms with E-state index in [4.69, 9.17) is 0 Å². The molecule has 0 spiro atoms. The highest BCUT2D eigenvalue weighted by Gasteiger charge is 2.09. The van der Waals surface area contributed by atoms with Gasteiger partial charge >= 0.3 is 0 Å². The van der Waals surface area contributed by atoms with E-state index in [1.54, 1.807) is 0 Å². The molecular weight excluding hydrogens is 192 g/mol. The quantitative estimate of drug-likeness (QED) is 0.738. The predicted molar refractivity (Wildman–Crippen MR) is 60.6 cm³/mol. The molecule has 0 aliphatic heterocycles. The molecule has 0 radical (unpaired) electrons. The lowest BCUT2D eigenvalue weighted by Crippen LogP contribution is -1.88. The van der Waals surface area contributed by atoms with Crippen LogP contribution >= 0.6 is 11.3 Å². The Morgan fingerprint density at radius 3 is 2.79 bits per heavy atom. The number of thiophene rings is 1. The zero-order valence-electron chi connectivity index (χ0n) is 8.74. The van der Waals surface area contributed by atoms with Crippen molar-refractivity contribution in [2.75, 3.05) is 0 Å². The maximum atomic E-state index is 4.44. The lowest BCUT2D eigenvalue weighted by molar-refractivity contribution is 0.746. The van der Waals surface area contributed by atoms with Gasteiger partial charge in [-0.3, -0.25) is 4.68 Å². The minimum Gasteiger partial charge on any atom is -0.275 e. The van der Waals surface area contributed by atoms with Crippen molar-refractivity contribution in [3.05, 3.63) is 28.9 Å². The summed E-state index contributed by atoms with van der Waals surface area (Å²) in [7, 11) is 1.98. The normalized spacial score (nSPS) is 10.8. The van der Waals surface area contributed by atoms with Gasteiger partial charge in [-0.05, 0) is 25.5 Å². The van der Waals surface area contributed by atoms with Gasteiger partial charge in [-0.1, -0.05) is 6.92 Å². The second kappa shape index (κ2) is 3.58. The van der Waals surface area contributed by atoms with Crippen molar-refractivity contribution >= 4 is 11.3 Å². The summed E-state index contributed by atoms with van der Waals surface area (Å²) in [4.78, 5) is 2.68. The van der Waals surface area contributed by atoms with Gasteiger partial charge in [0.1, 0.15) is 0 Å². The van der Waals surface area contributed by atoms with Gasteiger partial charge < -0.3 is 0 Å². The van der Waals surface area contributed by atoms with E-state index in [0.717, 1.165) is 6.42 Å². The maximum absolute atomic E-state index is 4.44. The topological polar surface area (TPSA) is 17.8 Å². The van der Waals surface area contributed by atoms with Crippen LogP contribution in [0.25, 0.3) is 10.4 Å². The number of hydrogen-bond donors (Lipinski definition) is 0. The van der Waals surface area contributed by atoms with E-state index < -0.39 is 0 Å². The molecule has 0 unspecified atom stereocenters. The summed E-state index contributed by atoms with van der Waals surface area (Å²) in [6.45, 7) is 4.28. The van der Waals surface area contributed by atoms with Gasteiger partial charge in [-0.25, -0.2) is 0 Å². The summed E-state index contributed by atoms with van der Waals surface area (Å²) >= 11 is 1.83. The Morgan fingerprint density at radius 2 is 2.21 bits per heavy atom. The molecule has 2 rings (SSSR count). The van der Waals surface area contributed by atoms with E-state index in [9.17, 15) is 0 Å². The fourth-order valence-electron chi connectivity index (χ4n) is 1.58. The molecule has 3 heteroatoms. The van der Waals surface area contributed by atoms with E-state index in [2.05, 4.69) is 37.3 Å². The van der Waals surface area contributed by atoms with Crippen LogP contribution in [0.2, 0.25) is 0 Å². The minimum absolute atomic E-state index is 0.993. The van der Waals surface area contributed by atoms with Gasteiger partial charge in [0.15, 0.2) is 0 Å². The third kappa shape index (κ3) is 1.60. The van der Waals surface area contributed by atoms with Crippen molar-refractivity contribution in [3.63, 3.8) is 0 Å². The molecule has 14 heavy (non-hydrogen) atoms. The Labute approximate surface area is 88.2 Å². The summed E-state index contributed by atoms with van der Waals surface area (Å²) in [5, 5.41) is 4.44. The van der Waals surface area contributed by atoms with E-state index >= 15 is 0 Å². The lowest BCUT2D eigenvalue weighted by Gasteiger charge is -1.93. The highest BCUT2D eigenvalue weighted by molar-refractivity contribution is 7.15. The molecule has 0 N–H and O–H groups in total. The average Bonchev–Trinajstić information content (AvgIpc) is 2.71. The van der Waals surface area contributed by atoms with Crippen molar-refractivity contribution in [1.29, 1.82) is 0 Å². The van der Waals surface area contributed by atoms with Crippen LogP contribution in [0.5, 0.6) is 0 Å². The van der Waals surface area contributed by atoms with E-state index in [0.29, 0.717) is 0 Å². The minimum atomic E-state index is 0.993.